The van der Waals surface area contributed by atoms with E-state index in [1.54, 1.807) is 6.26 Å². The second-order valence-electron chi connectivity index (χ2n) is 6.15. The summed E-state index contributed by atoms with van der Waals surface area (Å²) in [5, 5.41) is 8.13. The second kappa shape index (κ2) is 7.47. The van der Waals surface area contributed by atoms with Crippen LogP contribution in [0.25, 0.3) is 5.69 Å². The number of aryl methyl sites for hydroxylation is 1. The number of hydrogen-bond acceptors (Lipinski definition) is 4. The summed E-state index contributed by atoms with van der Waals surface area (Å²) >= 11 is 0. The summed E-state index contributed by atoms with van der Waals surface area (Å²) in [5.74, 6) is 0.976. The van der Waals surface area contributed by atoms with Crippen LogP contribution in [0.15, 0.2) is 59.3 Å². The average molecular weight is 324 g/mol. The normalized spacial score (nSPS) is 12.7. The summed E-state index contributed by atoms with van der Waals surface area (Å²) in [4.78, 5) is 2.16. The van der Waals surface area contributed by atoms with E-state index in [4.69, 9.17) is 4.42 Å². The van der Waals surface area contributed by atoms with Gasteiger partial charge in [0.05, 0.1) is 23.7 Å². The first kappa shape index (κ1) is 16.5. The fourth-order valence-electron chi connectivity index (χ4n) is 2.74. The van der Waals surface area contributed by atoms with Gasteiger partial charge in [-0.15, -0.1) is 0 Å². The zero-order valence-corrected chi connectivity index (χ0v) is 14.4. The lowest BCUT2D eigenvalue weighted by molar-refractivity contribution is 0.250. The summed E-state index contributed by atoms with van der Waals surface area (Å²) in [6.45, 7) is 3.65. The molecule has 0 aliphatic heterocycles. The van der Waals surface area contributed by atoms with E-state index in [-0.39, 0.29) is 6.04 Å². The highest BCUT2D eigenvalue weighted by Crippen LogP contribution is 2.18. The Balaban J connectivity index is 1.64. The van der Waals surface area contributed by atoms with Gasteiger partial charge in [-0.25, -0.2) is 4.68 Å². The molecule has 2 aromatic heterocycles. The first-order valence-corrected chi connectivity index (χ1v) is 8.16. The summed E-state index contributed by atoms with van der Waals surface area (Å²) in [6.07, 6.45) is 3.81. The van der Waals surface area contributed by atoms with Crippen molar-refractivity contribution < 1.29 is 4.42 Å². The van der Waals surface area contributed by atoms with Gasteiger partial charge in [0.15, 0.2) is 0 Å². The van der Waals surface area contributed by atoms with Gasteiger partial charge >= 0.3 is 0 Å². The van der Waals surface area contributed by atoms with Crippen molar-refractivity contribution in [3.63, 3.8) is 0 Å². The third-order valence-corrected chi connectivity index (χ3v) is 4.17. The number of para-hydroxylation sites is 1. The molecule has 0 aliphatic carbocycles. The van der Waals surface area contributed by atoms with Gasteiger partial charge in [-0.1, -0.05) is 18.2 Å². The molecule has 0 bridgehead atoms. The van der Waals surface area contributed by atoms with Crippen molar-refractivity contribution >= 4 is 0 Å². The van der Waals surface area contributed by atoms with Crippen molar-refractivity contribution in [3.8, 4) is 5.69 Å². The monoisotopic (exact) mass is 324 g/mol. The average Bonchev–Trinajstić information content (AvgIpc) is 3.22. The number of aromatic nitrogens is 2. The molecule has 3 aromatic rings. The number of likely N-dealkylation sites (N-methyl/N-ethyl adjacent to an activating group) is 1. The van der Waals surface area contributed by atoms with Crippen LogP contribution in [-0.2, 0) is 6.54 Å². The maximum Gasteiger partial charge on any atom is 0.122 e. The predicted molar refractivity (Wildman–Crippen MR) is 95.1 cm³/mol. The smallest absolute Gasteiger partial charge is 0.122 e. The molecule has 24 heavy (non-hydrogen) atoms. The third-order valence-electron chi connectivity index (χ3n) is 4.17. The minimum Gasteiger partial charge on any atom is -0.468 e. The first-order valence-electron chi connectivity index (χ1n) is 8.16. The molecule has 0 aliphatic rings. The predicted octanol–water partition coefficient (Wildman–Crippen LogP) is 3.17. The van der Waals surface area contributed by atoms with Gasteiger partial charge in [0.1, 0.15) is 5.76 Å². The van der Waals surface area contributed by atoms with Gasteiger partial charge in [-0.05, 0) is 45.3 Å². The van der Waals surface area contributed by atoms with Crippen molar-refractivity contribution in [1.29, 1.82) is 0 Å². The molecule has 1 aromatic carbocycles. The van der Waals surface area contributed by atoms with Crippen LogP contribution >= 0.6 is 0 Å². The molecule has 0 spiro atoms. The number of furan rings is 1. The minimum atomic E-state index is 0.212. The lowest BCUT2D eigenvalue weighted by atomic mass is 10.2. The van der Waals surface area contributed by atoms with Crippen molar-refractivity contribution in [2.45, 2.75) is 19.5 Å². The molecule has 3 rings (SSSR count). The molecule has 0 saturated carbocycles. The number of benzene rings is 1. The third kappa shape index (κ3) is 3.75. The van der Waals surface area contributed by atoms with Crippen molar-refractivity contribution in [3.05, 3.63) is 71.9 Å². The Morgan fingerprint density at radius 1 is 1.17 bits per heavy atom. The summed E-state index contributed by atoms with van der Waals surface area (Å²) < 4.78 is 7.48. The Morgan fingerprint density at radius 2 is 1.96 bits per heavy atom. The zero-order chi connectivity index (χ0) is 16.9. The molecular weight excluding hydrogens is 300 g/mol. The first-order chi connectivity index (χ1) is 11.6. The summed E-state index contributed by atoms with van der Waals surface area (Å²) in [7, 11) is 4.13. The van der Waals surface area contributed by atoms with Crippen LogP contribution in [0.3, 0.4) is 0 Å². The SMILES string of the molecule is Cc1nn(-c2ccccc2)cc1CNC[C@H](c1ccco1)N(C)C. The van der Waals surface area contributed by atoms with Crippen molar-refractivity contribution in [2.75, 3.05) is 20.6 Å². The van der Waals surface area contributed by atoms with E-state index in [0.717, 1.165) is 30.2 Å². The molecule has 0 fully saturated rings. The van der Waals surface area contributed by atoms with Gasteiger partial charge in [-0.2, -0.15) is 5.10 Å². The van der Waals surface area contributed by atoms with E-state index < -0.39 is 0 Å². The second-order valence-corrected chi connectivity index (χ2v) is 6.15. The standard InChI is InChI=1S/C19H24N4O/c1-15-16(14-23(21-15)17-8-5-4-6-9-17)12-20-13-18(22(2)3)19-10-7-11-24-19/h4-11,14,18,20H,12-13H2,1-3H3/t18-/m1/s1. The quantitative estimate of drug-likeness (QED) is 0.725. The largest absolute Gasteiger partial charge is 0.468 e. The van der Waals surface area contributed by atoms with Gasteiger partial charge in [0.2, 0.25) is 0 Å². The molecule has 0 unspecified atom stereocenters. The van der Waals surface area contributed by atoms with Crippen LogP contribution in [0.5, 0.6) is 0 Å². The molecule has 1 N–H and O–H groups in total. The number of hydrogen-bond donors (Lipinski definition) is 1. The molecular formula is C19H24N4O. The minimum absolute atomic E-state index is 0.212. The van der Waals surface area contributed by atoms with Crippen molar-refractivity contribution in [1.82, 2.24) is 20.0 Å². The Hall–Kier alpha value is -2.37. The molecule has 1 atom stereocenters. The van der Waals surface area contributed by atoms with Crippen LogP contribution in [-0.4, -0.2) is 35.3 Å². The number of nitrogens with one attached hydrogen (secondary N) is 1. The molecule has 0 radical (unpaired) electrons. The molecule has 0 saturated heterocycles. The number of rotatable bonds is 7. The van der Waals surface area contributed by atoms with E-state index in [1.165, 1.54) is 5.56 Å². The lowest BCUT2D eigenvalue weighted by Crippen LogP contribution is -2.30. The maximum atomic E-state index is 5.55. The van der Waals surface area contributed by atoms with Gasteiger partial charge in [-0.3, -0.25) is 4.90 Å². The van der Waals surface area contributed by atoms with Crippen LogP contribution < -0.4 is 5.32 Å². The number of nitrogens with zero attached hydrogens (tertiary/aromatic N) is 3. The van der Waals surface area contributed by atoms with Crippen LogP contribution in [0.1, 0.15) is 23.1 Å². The van der Waals surface area contributed by atoms with Crippen LogP contribution in [0.4, 0.5) is 0 Å². The Morgan fingerprint density at radius 3 is 2.62 bits per heavy atom. The van der Waals surface area contributed by atoms with E-state index >= 15 is 0 Å². The summed E-state index contributed by atoms with van der Waals surface area (Å²) in [6, 6.07) is 14.3. The lowest BCUT2D eigenvalue weighted by Gasteiger charge is -2.22. The van der Waals surface area contributed by atoms with Crippen molar-refractivity contribution in [2.24, 2.45) is 0 Å². The van der Waals surface area contributed by atoms with E-state index in [2.05, 4.69) is 47.7 Å². The molecule has 126 valence electrons. The zero-order valence-electron chi connectivity index (χ0n) is 14.4. The fourth-order valence-corrected chi connectivity index (χ4v) is 2.74. The topological polar surface area (TPSA) is 46.2 Å². The van der Waals surface area contributed by atoms with Gasteiger partial charge in [0, 0.05) is 24.8 Å². The Bertz CT molecular complexity index is 747. The highest BCUT2D eigenvalue weighted by Gasteiger charge is 2.16. The highest BCUT2D eigenvalue weighted by atomic mass is 16.3. The van der Waals surface area contributed by atoms with Gasteiger partial charge < -0.3 is 9.73 Å². The van der Waals surface area contributed by atoms with E-state index in [1.807, 2.05) is 41.9 Å². The maximum absolute atomic E-state index is 5.55. The Labute approximate surface area is 142 Å². The fraction of sp³-hybridized carbons (Fsp3) is 0.316. The molecule has 5 nitrogen and oxygen atoms in total. The van der Waals surface area contributed by atoms with Gasteiger partial charge in [0.25, 0.3) is 0 Å². The highest BCUT2D eigenvalue weighted by molar-refractivity contribution is 5.32. The summed E-state index contributed by atoms with van der Waals surface area (Å²) in [5.41, 5.74) is 3.33. The van der Waals surface area contributed by atoms with Crippen LogP contribution in [0.2, 0.25) is 0 Å². The molecule has 5 heteroatoms. The molecule has 0 amide bonds. The Kier molecular flexibility index (Phi) is 5.13. The van der Waals surface area contributed by atoms with E-state index in [9.17, 15) is 0 Å². The van der Waals surface area contributed by atoms with Crippen LogP contribution in [0, 0.1) is 6.92 Å². The molecule has 2 heterocycles. The van der Waals surface area contributed by atoms with E-state index in [0.29, 0.717) is 0 Å².